The molecule has 0 radical (unpaired) electrons. The van der Waals surface area contributed by atoms with Crippen molar-refractivity contribution in [3.05, 3.63) is 77.4 Å². The number of hydrogen-bond donors (Lipinski definition) is 1. The highest BCUT2D eigenvalue weighted by atomic mass is 16.2. The van der Waals surface area contributed by atoms with Gasteiger partial charge in [0.15, 0.2) is 0 Å². The van der Waals surface area contributed by atoms with Crippen LogP contribution in [0.3, 0.4) is 0 Å². The topological polar surface area (TPSA) is 52.6 Å². The van der Waals surface area contributed by atoms with E-state index in [0.29, 0.717) is 31.6 Å². The van der Waals surface area contributed by atoms with Gasteiger partial charge in [0.05, 0.1) is 0 Å². The van der Waals surface area contributed by atoms with Gasteiger partial charge in [-0.1, -0.05) is 42.5 Å². The summed E-state index contributed by atoms with van der Waals surface area (Å²) in [5, 5.41) is 5.03. The zero-order valence-corrected chi connectivity index (χ0v) is 18.2. The molecule has 1 aliphatic rings. The van der Waals surface area contributed by atoms with Crippen molar-refractivity contribution < 1.29 is 9.59 Å². The van der Waals surface area contributed by atoms with Crippen LogP contribution in [-0.2, 0) is 4.79 Å². The lowest BCUT2D eigenvalue weighted by Gasteiger charge is -2.37. The van der Waals surface area contributed by atoms with Gasteiger partial charge in [-0.05, 0) is 53.9 Å². The SMILES string of the molecule is Cc1cccc(N2CCN(C(=O)CCNC(=O)c3ccc4ccccc4c3)CC2)c1C. The summed E-state index contributed by atoms with van der Waals surface area (Å²) in [6, 6.07) is 20.0. The van der Waals surface area contributed by atoms with Crippen LogP contribution in [0.25, 0.3) is 10.8 Å². The molecule has 0 unspecified atom stereocenters. The Morgan fingerprint density at radius 1 is 0.871 bits per heavy atom. The van der Waals surface area contributed by atoms with Crippen LogP contribution in [0, 0.1) is 13.8 Å². The van der Waals surface area contributed by atoms with Crippen LogP contribution in [0.5, 0.6) is 0 Å². The number of carbonyl (C=O) groups excluding carboxylic acids is 2. The van der Waals surface area contributed by atoms with Crippen molar-refractivity contribution in [1.29, 1.82) is 0 Å². The Labute approximate surface area is 183 Å². The molecule has 3 aromatic carbocycles. The molecular weight excluding hydrogens is 386 g/mol. The van der Waals surface area contributed by atoms with Crippen molar-refractivity contribution in [1.82, 2.24) is 10.2 Å². The zero-order chi connectivity index (χ0) is 21.8. The van der Waals surface area contributed by atoms with E-state index in [4.69, 9.17) is 0 Å². The Morgan fingerprint density at radius 2 is 1.61 bits per heavy atom. The molecule has 2 amide bonds. The number of aryl methyl sites for hydroxylation is 1. The molecule has 5 heteroatoms. The van der Waals surface area contributed by atoms with Crippen molar-refractivity contribution >= 4 is 28.3 Å². The minimum absolute atomic E-state index is 0.0967. The van der Waals surface area contributed by atoms with Crippen molar-refractivity contribution in [2.45, 2.75) is 20.3 Å². The van der Waals surface area contributed by atoms with Crippen LogP contribution < -0.4 is 10.2 Å². The molecule has 0 bridgehead atoms. The largest absolute Gasteiger partial charge is 0.368 e. The van der Waals surface area contributed by atoms with Gasteiger partial charge >= 0.3 is 0 Å². The van der Waals surface area contributed by atoms with Gasteiger partial charge in [0, 0.05) is 50.4 Å². The second kappa shape index (κ2) is 9.21. The molecule has 160 valence electrons. The number of rotatable bonds is 5. The van der Waals surface area contributed by atoms with Gasteiger partial charge in [-0.2, -0.15) is 0 Å². The first-order valence-electron chi connectivity index (χ1n) is 10.9. The zero-order valence-electron chi connectivity index (χ0n) is 18.2. The lowest BCUT2D eigenvalue weighted by Crippen LogP contribution is -2.49. The van der Waals surface area contributed by atoms with Gasteiger partial charge < -0.3 is 15.1 Å². The molecular formula is C26H29N3O2. The van der Waals surface area contributed by atoms with E-state index in [9.17, 15) is 9.59 Å². The molecule has 4 rings (SSSR count). The van der Waals surface area contributed by atoms with Crippen LogP contribution in [0.4, 0.5) is 5.69 Å². The van der Waals surface area contributed by atoms with E-state index in [1.54, 1.807) is 0 Å². The number of nitrogens with zero attached hydrogens (tertiary/aromatic N) is 2. The fraction of sp³-hybridized carbons (Fsp3) is 0.308. The maximum atomic E-state index is 12.6. The summed E-state index contributed by atoms with van der Waals surface area (Å²) in [7, 11) is 0. The molecule has 0 atom stereocenters. The molecule has 0 spiro atoms. The van der Waals surface area contributed by atoms with E-state index in [1.807, 2.05) is 47.4 Å². The van der Waals surface area contributed by atoms with Gasteiger partial charge in [-0.25, -0.2) is 0 Å². The van der Waals surface area contributed by atoms with Crippen molar-refractivity contribution in [3.63, 3.8) is 0 Å². The molecule has 0 aliphatic carbocycles. The van der Waals surface area contributed by atoms with Crippen LogP contribution in [-0.4, -0.2) is 49.4 Å². The number of anilines is 1. The van der Waals surface area contributed by atoms with Crippen LogP contribution in [0.2, 0.25) is 0 Å². The summed E-state index contributed by atoms with van der Waals surface area (Å²) in [5.74, 6) is -0.0438. The summed E-state index contributed by atoms with van der Waals surface area (Å²) in [4.78, 5) is 29.3. The molecule has 31 heavy (non-hydrogen) atoms. The number of nitrogens with one attached hydrogen (secondary N) is 1. The second-order valence-corrected chi connectivity index (χ2v) is 8.15. The van der Waals surface area contributed by atoms with E-state index in [1.165, 1.54) is 16.8 Å². The fourth-order valence-electron chi connectivity index (χ4n) is 4.15. The standard InChI is InChI=1S/C26H29N3O2/c1-19-6-5-9-24(20(19)2)28-14-16-29(17-15-28)25(30)12-13-27-26(31)23-11-10-21-7-3-4-8-22(21)18-23/h3-11,18H,12-17H2,1-2H3,(H,27,31). The summed E-state index contributed by atoms with van der Waals surface area (Å²) in [6.45, 7) is 7.72. The van der Waals surface area contributed by atoms with Gasteiger partial charge in [-0.3, -0.25) is 9.59 Å². The third kappa shape index (κ3) is 4.71. The minimum Gasteiger partial charge on any atom is -0.368 e. The fourth-order valence-corrected chi connectivity index (χ4v) is 4.15. The highest BCUT2D eigenvalue weighted by Crippen LogP contribution is 2.24. The summed E-state index contributed by atoms with van der Waals surface area (Å²) < 4.78 is 0. The maximum Gasteiger partial charge on any atom is 0.251 e. The Hall–Kier alpha value is -3.34. The maximum absolute atomic E-state index is 12.6. The first-order valence-corrected chi connectivity index (χ1v) is 10.9. The first-order chi connectivity index (χ1) is 15.0. The third-order valence-electron chi connectivity index (χ3n) is 6.19. The smallest absolute Gasteiger partial charge is 0.251 e. The predicted octanol–water partition coefficient (Wildman–Crippen LogP) is 3.93. The predicted molar refractivity (Wildman–Crippen MR) is 126 cm³/mol. The number of benzene rings is 3. The Bertz CT molecular complexity index is 1100. The number of fused-ring (bicyclic) bond motifs is 1. The molecule has 1 saturated heterocycles. The van der Waals surface area contributed by atoms with E-state index in [2.05, 4.69) is 42.3 Å². The average molecular weight is 416 g/mol. The van der Waals surface area contributed by atoms with Crippen LogP contribution in [0.1, 0.15) is 27.9 Å². The molecule has 0 saturated carbocycles. The number of carbonyl (C=O) groups is 2. The van der Waals surface area contributed by atoms with E-state index < -0.39 is 0 Å². The Balaban J connectivity index is 1.25. The van der Waals surface area contributed by atoms with Crippen molar-refractivity contribution in [2.75, 3.05) is 37.6 Å². The number of hydrogen-bond acceptors (Lipinski definition) is 3. The normalized spacial score (nSPS) is 14.0. The molecule has 1 fully saturated rings. The summed E-state index contributed by atoms with van der Waals surface area (Å²) in [6.07, 6.45) is 0.322. The number of piperazine rings is 1. The summed E-state index contributed by atoms with van der Waals surface area (Å²) >= 11 is 0. The molecule has 3 aromatic rings. The minimum atomic E-state index is -0.140. The number of amides is 2. The van der Waals surface area contributed by atoms with E-state index >= 15 is 0 Å². The lowest BCUT2D eigenvalue weighted by molar-refractivity contribution is -0.131. The van der Waals surface area contributed by atoms with E-state index in [0.717, 1.165) is 23.9 Å². The quantitative estimate of drug-likeness (QED) is 0.687. The average Bonchev–Trinajstić information content (AvgIpc) is 2.80. The van der Waals surface area contributed by atoms with Crippen molar-refractivity contribution in [3.8, 4) is 0 Å². The third-order valence-corrected chi connectivity index (χ3v) is 6.19. The molecule has 0 aromatic heterocycles. The van der Waals surface area contributed by atoms with Crippen LogP contribution >= 0.6 is 0 Å². The van der Waals surface area contributed by atoms with Gasteiger partial charge in [-0.15, -0.1) is 0 Å². The molecule has 1 heterocycles. The highest BCUT2D eigenvalue weighted by molar-refractivity contribution is 5.98. The highest BCUT2D eigenvalue weighted by Gasteiger charge is 2.22. The van der Waals surface area contributed by atoms with E-state index in [-0.39, 0.29) is 11.8 Å². The van der Waals surface area contributed by atoms with Crippen LogP contribution in [0.15, 0.2) is 60.7 Å². The van der Waals surface area contributed by atoms with Gasteiger partial charge in [0.25, 0.3) is 5.91 Å². The molecule has 5 nitrogen and oxygen atoms in total. The molecule has 1 N–H and O–H groups in total. The monoisotopic (exact) mass is 415 g/mol. The first kappa shape index (κ1) is 20.9. The Kier molecular flexibility index (Phi) is 6.21. The Morgan fingerprint density at radius 3 is 2.39 bits per heavy atom. The lowest BCUT2D eigenvalue weighted by atomic mass is 10.1. The molecule has 1 aliphatic heterocycles. The van der Waals surface area contributed by atoms with Crippen molar-refractivity contribution in [2.24, 2.45) is 0 Å². The summed E-state index contributed by atoms with van der Waals surface area (Å²) in [5.41, 5.74) is 4.47. The van der Waals surface area contributed by atoms with Gasteiger partial charge in [0.1, 0.15) is 0 Å². The second-order valence-electron chi connectivity index (χ2n) is 8.15. The van der Waals surface area contributed by atoms with Gasteiger partial charge in [0.2, 0.25) is 5.91 Å².